The van der Waals surface area contributed by atoms with Gasteiger partial charge in [-0.2, -0.15) is 0 Å². The summed E-state index contributed by atoms with van der Waals surface area (Å²) in [6, 6.07) is 0.157. The highest BCUT2D eigenvalue weighted by molar-refractivity contribution is 5.78. The predicted molar refractivity (Wildman–Crippen MR) is 57.6 cm³/mol. The lowest BCUT2D eigenvalue weighted by atomic mass is 10.3. The average Bonchev–Trinajstić information content (AvgIpc) is 2.21. The number of amides is 1. The van der Waals surface area contributed by atoms with Crippen molar-refractivity contribution in [2.45, 2.75) is 26.3 Å². The molecule has 0 bridgehead atoms. The fraction of sp³-hybridized carbons (Fsp3) is 0.900. The first-order valence-electron chi connectivity index (χ1n) is 5.27. The van der Waals surface area contributed by atoms with E-state index < -0.39 is 13.0 Å². The standard InChI is InChI=1S/C10H20F2N2O2/c1-8(2)14(3)10(15)6-13-4-5-16-7-9(11)12/h8-9,13H,4-7H2,1-3H3. The Labute approximate surface area is 94.9 Å². The van der Waals surface area contributed by atoms with Crippen LogP contribution in [0.3, 0.4) is 0 Å². The number of carbonyl (C=O) groups is 1. The molecule has 0 aliphatic rings. The van der Waals surface area contributed by atoms with Crippen LogP contribution in [0.2, 0.25) is 0 Å². The summed E-state index contributed by atoms with van der Waals surface area (Å²) >= 11 is 0. The minimum Gasteiger partial charge on any atom is -0.374 e. The number of carbonyl (C=O) groups excluding carboxylic acids is 1. The molecule has 0 aromatic heterocycles. The Balaban J connectivity index is 3.41. The SMILES string of the molecule is CC(C)N(C)C(=O)CNCCOCC(F)F. The minimum atomic E-state index is -2.44. The third-order valence-electron chi connectivity index (χ3n) is 2.11. The highest BCUT2D eigenvalue weighted by Crippen LogP contribution is 1.93. The van der Waals surface area contributed by atoms with E-state index in [0.717, 1.165) is 0 Å². The maximum Gasteiger partial charge on any atom is 0.261 e. The van der Waals surface area contributed by atoms with Crippen LogP contribution in [0, 0.1) is 0 Å². The van der Waals surface area contributed by atoms with Crippen LogP contribution in [-0.2, 0) is 9.53 Å². The summed E-state index contributed by atoms with van der Waals surface area (Å²) in [6.07, 6.45) is -2.44. The van der Waals surface area contributed by atoms with Crippen LogP contribution in [0.15, 0.2) is 0 Å². The van der Waals surface area contributed by atoms with Crippen LogP contribution >= 0.6 is 0 Å². The summed E-state index contributed by atoms with van der Waals surface area (Å²) in [4.78, 5) is 13.0. The molecule has 0 atom stereocenters. The normalized spacial score (nSPS) is 11.2. The third-order valence-corrected chi connectivity index (χ3v) is 2.11. The molecule has 1 N–H and O–H groups in total. The molecule has 1 amide bonds. The maximum absolute atomic E-state index is 11.7. The number of rotatable bonds is 8. The molecule has 0 fully saturated rings. The van der Waals surface area contributed by atoms with E-state index >= 15 is 0 Å². The quantitative estimate of drug-likeness (QED) is 0.634. The molecule has 96 valence electrons. The predicted octanol–water partition coefficient (Wildman–Crippen LogP) is 0.725. The number of nitrogens with zero attached hydrogens (tertiary/aromatic N) is 1. The molecule has 0 spiro atoms. The topological polar surface area (TPSA) is 41.6 Å². The zero-order chi connectivity index (χ0) is 12.6. The Bertz CT molecular complexity index is 201. The summed E-state index contributed by atoms with van der Waals surface area (Å²) in [7, 11) is 1.72. The first-order chi connectivity index (χ1) is 7.45. The molecule has 0 heterocycles. The van der Waals surface area contributed by atoms with E-state index in [1.807, 2.05) is 13.8 Å². The lowest BCUT2D eigenvalue weighted by molar-refractivity contribution is -0.130. The summed E-state index contributed by atoms with van der Waals surface area (Å²) in [5, 5.41) is 2.83. The second kappa shape index (κ2) is 8.41. The number of hydrogen-bond acceptors (Lipinski definition) is 3. The first-order valence-corrected chi connectivity index (χ1v) is 5.27. The van der Waals surface area contributed by atoms with Crippen molar-refractivity contribution in [3.05, 3.63) is 0 Å². The highest BCUT2D eigenvalue weighted by Gasteiger charge is 2.10. The lowest BCUT2D eigenvalue weighted by Gasteiger charge is -2.21. The molecular formula is C10H20F2N2O2. The van der Waals surface area contributed by atoms with E-state index in [0.29, 0.717) is 6.54 Å². The Morgan fingerprint density at radius 3 is 2.56 bits per heavy atom. The number of halogens is 2. The molecule has 0 aromatic carbocycles. The van der Waals surface area contributed by atoms with Gasteiger partial charge in [0.1, 0.15) is 6.61 Å². The van der Waals surface area contributed by atoms with Gasteiger partial charge in [-0.25, -0.2) is 8.78 Å². The zero-order valence-electron chi connectivity index (χ0n) is 10.0. The Hall–Kier alpha value is -0.750. The van der Waals surface area contributed by atoms with E-state index in [1.165, 1.54) is 0 Å². The maximum atomic E-state index is 11.7. The van der Waals surface area contributed by atoms with E-state index in [-0.39, 0.29) is 25.1 Å². The number of hydrogen-bond donors (Lipinski definition) is 1. The van der Waals surface area contributed by atoms with Crippen LogP contribution in [0.5, 0.6) is 0 Å². The van der Waals surface area contributed by atoms with E-state index in [4.69, 9.17) is 0 Å². The molecule has 0 saturated heterocycles. The monoisotopic (exact) mass is 238 g/mol. The van der Waals surface area contributed by atoms with Gasteiger partial charge in [-0.3, -0.25) is 4.79 Å². The average molecular weight is 238 g/mol. The second-order valence-electron chi connectivity index (χ2n) is 3.74. The smallest absolute Gasteiger partial charge is 0.261 e. The molecule has 0 aromatic rings. The Morgan fingerprint density at radius 1 is 1.44 bits per heavy atom. The van der Waals surface area contributed by atoms with Gasteiger partial charge in [-0.1, -0.05) is 0 Å². The third kappa shape index (κ3) is 7.53. The summed E-state index contributed by atoms with van der Waals surface area (Å²) in [5.41, 5.74) is 0. The summed E-state index contributed by atoms with van der Waals surface area (Å²) < 4.78 is 28.0. The largest absolute Gasteiger partial charge is 0.374 e. The van der Waals surface area contributed by atoms with Crippen molar-refractivity contribution < 1.29 is 18.3 Å². The van der Waals surface area contributed by atoms with Crippen molar-refractivity contribution in [3.8, 4) is 0 Å². The molecule has 16 heavy (non-hydrogen) atoms. The van der Waals surface area contributed by atoms with Crippen LogP contribution in [0.1, 0.15) is 13.8 Å². The van der Waals surface area contributed by atoms with Crippen molar-refractivity contribution in [1.82, 2.24) is 10.2 Å². The fourth-order valence-electron chi connectivity index (χ4n) is 0.925. The molecule has 0 aliphatic carbocycles. The van der Waals surface area contributed by atoms with Crippen molar-refractivity contribution in [2.75, 3.05) is 33.4 Å². The fourth-order valence-corrected chi connectivity index (χ4v) is 0.925. The highest BCUT2D eigenvalue weighted by atomic mass is 19.3. The van der Waals surface area contributed by atoms with Gasteiger partial charge >= 0.3 is 0 Å². The van der Waals surface area contributed by atoms with Crippen LogP contribution in [0.4, 0.5) is 8.78 Å². The number of nitrogens with one attached hydrogen (secondary N) is 1. The molecule has 6 heteroatoms. The van der Waals surface area contributed by atoms with Crippen LogP contribution < -0.4 is 5.32 Å². The van der Waals surface area contributed by atoms with E-state index in [1.54, 1.807) is 11.9 Å². The van der Waals surface area contributed by atoms with Gasteiger partial charge in [0.05, 0.1) is 13.2 Å². The molecular weight excluding hydrogens is 218 g/mol. The molecule has 0 aliphatic heterocycles. The number of ether oxygens (including phenoxy) is 1. The lowest BCUT2D eigenvalue weighted by Crippen LogP contribution is -2.40. The first kappa shape index (κ1) is 15.2. The Kier molecular flexibility index (Phi) is 8.01. The molecule has 0 rings (SSSR count). The molecule has 0 unspecified atom stereocenters. The Morgan fingerprint density at radius 2 is 2.06 bits per heavy atom. The van der Waals surface area contributed by atoms with Gasteiger partial charge in [-0.15, -0.1) is 0 Å². The summed E-state index contributed by atoms with van der Waals surface area (Å²) in [5.74, 6) is -0.0242. The van der Waals surface area contributed by atoms with Crippen molar-refractivity contribution >= 4 is 5.91 Å². The van der Waals surface area contributed by atoms with Gasteiger partial charge in [0.2, 0.25) is 5.91 Å². The van der Waals surface area contributed by atoms with Crippen molar-refractivity contribution in [2.24, 2.45) is 0 Å². The zero-order valence-corrected chi connectivity index (χ0v) is 10.0. The van der Waals surface area contributed by atoms with Crippen LogP contribution in [-0.4, -0.2) is 56.6 Å². The van der Waals surface area contributed by atoms with Gasteiger partial charge in [0, 0.05) is 19.6 Å². The summed E-state index contributed by atoms with van der Waals surface area (Å²) in [6.45, 7) is 4.06. The minimum absolute atomic E-state index is 0.0242. The molecule has 4 nitrogen and oxygen atoms in total. The molecule has 0 radical (unpaired) electrons. The van der Waals surface area contributed by atoms with E-state index in [9.17, 15) is 13.6 Å². The second-order valence-corrected chi connectivity index (χ2v) is 3.74. The number of alkyl halides is 2. The van der Waals surface area contributed by atoms with Gasteiger partial charge in [0.15, 0.2) is 0 Å². The molecule has 0 saturated carbocycles. The van der Waals surface area contributed by atoms with Gasteiger partial charge in [-0.05, 0) is 13.8 Å². The van der Waals surface area contributed by atoms with Crippen LogP contribution in [0.25, 0.3) is 0 Å². The van der Waals surface area contributed by atoms with Crippen molar-refractivity contribution in [1.29, 1.82) is 0 Å². The van der Waals surface area contributed by atoms with Crippen molar-refractivity contribution in [3.63, 3.8) is 0 Å². The van der Waals surface area contributed by atoms with Gasteiger partial charge in [0.25, 0.3) is 6.43 Å². The van der Waals surface area contributed by atoms with E-state index in [2.05, 4.69) is 10.1 Å². The number of likely N-dealkylation sites (N-methyl/N-ethyl adjacent to an activating group) is 1. The van der Waals surface area contributed by atoms with Gasteiger partial charge < -0.3 is 15.0 Å².